The van der Waals surface area contributed by atoms with Gasteiger partial charge in [-0.2, -0.15) is 4.98 Å². The topological polar surface area (TPSA) is 95.3 Å². The van der Waals surface area contributed by atoms with E-state index < -0.39 is 10.8 Å². The lowest BCUT2D eigenvalue weighted by Gasteiger charge is -2.53. The first kappa shape index (κ1) is 19.8. The summed E-state index contributed by atoms with van der Waals surface area (Å²) in [5.74, 6) is 4.20. The first-order chi connectivity index (χ1) is 15.1. The van der Waals surface area contributed by atoms with Crippen molar-refractivity contribution in [3.05, 3.63) is 29.4 Å². The molecule has 10 heteroatoms. The van der Waals surface area contributed by atoms with Crippen LogP contribution >= 0.6 is 11.6 Å². The maximum absolute atomic E-state index is 12.6. The van der Waals surface area contributed by atoms with Crippen molar-refractivity contribution in [2.75, 3.05) is 41.8 Å². The van der Waals surface area contributed by atoms with Crippen LogP contribution in [-0.2, 0) is 10.8 Å². The zero-order valence-corrected chi connectivity index (χ0v) is 18.7. The Labute approximate surface area is 188 Å². The number of rotatable bonds is 4. The lowest BCUT2D eigenvalue weighted by atomic mass is 9.61. The Hall–Kier alpha value is -1.84. The van der Waals surface area contributed by atoms with Crippen LogP contribution in [0.4, 0.5) is 11.8 Å². The van der Waals surface area contributed by atoms with Gasteiger partial charge in [-0.05, 0) is 37.5 Å². The minimum Gasteiger partial charge on any atom is -0.394 e. The fourth-order valence-electron chi connectivity index (χ4n) is 5.78. The van der Waals surface area contributed by atoms with Crippen molar-refractivity contribution in [3.63, 3.8) is 0 Å². The highest BCUT2D eigenvalue weighted by Gasteiger charge is 2.50. The van der Waals surface area contributed by atoms with E-state index in [9.17, 15) is 9.32 Å². The van der Waals surface area contributed by atoms with Crippen LogP contribution in [0, 0.1) is 11.8 Å². The molecule has 31 heavy (non-hydrogen) atoms. The molecule has 2 bridgehead atoms. The second-order valence-corrected chi connectivity index (χ2v) is 11.2. The van der Waals surface area contributed by atoms with Crippen molar-refractivity contribution < 1.29 is 9.32 Å². The Bertz CT molecular complexity index is 1020. The van der Waals surface area contributed by atoms with Crippen LogP contribution in [0.15, 0.2) is 23.5 Å². The molecule has 3 aliphatic heterocycles. The van der Waals surface area contributed by atoms with Gasteiger partial charge in [-0.3, -0.25) is 4.21 Å². The van der Waals surface area contributed by atoms with Crippen molar-refractivity contribution >= 4 is 34.2 Å². The molecule has 8 nitrogen and oxygen atoms in total. The molecule has 3 atom stereocenters. The molecule has 7 rings (SSSR count). The van der Waals surface area contributed by atoms with Gasteiger partial charge >= 0.3 is 0 Å². The molecule has 5 heterocycles. The van der Waals surface area contributed by atoms with Crippen molar-refractivity contribution in [1.82, 2.24) is 19.9 Å². The van der Waals surface area contributed by atoms with E-state index in [4.69, 9.17) is 16.6 Å². The predicted octanol–water partition coefficient (Wildman–Crippen LogP) is 2.00. The quantitative estimate of drug-likeness (QED) is 0.740. The molecule has 2 aromatic heterocycles. The summed E-state index contributed by atoms with van der Waals surface area (Å²) < 4.78 is 12.6. The van der Waals surface area contributed by atoms with E-state index in [0.29, 0.717) is 45.9 Å². The third-order valence-corrected chi connectivity index (χ3v) is 9.16. The largest absolute Gasteiger partial charge is 0.394 e. The summed E-state index contributed by atoms with van der Waals surface area (Å²) >= 11 is 5.95. The minimum atomic E-state index is -1.09. The molecule has 164 valence electrons. The lowest BCUT2D eigenvalue weighted by Crippen LogP contribution is -2.59. The first-order valence-corrected chi connectivity index (χ1v) is 12.6. The van der Waals surface area contributed by atoms with Crippen molar-refractivity contribution in [2.45, 2.75) is 42.0 Å². The molecule has 5 aliphatic rings. The second kappa shape index (κ2) is 7.35. The molecule has 0 spiro atoms. The number of aromatic nitrogens is 4. The van der Waals surface area contributed by atoms with E-state index in [1.807, 2.05) is 0 Å². The fraction of sp³-hybridized carbons (Fsp3) is 0.619. The Balaban J connectivity index is 1.26. The highest BCUT2D eigenvalue weighted by molar-refractivity contribution is 7.85. The van der Waals surface area contributed by atoms with Gasteiger partial charge in [0.2, 0.25) is 5.95 Å². The molecular formula is C21H25ClN6O2S. The third-order valence-electron chi connectivity index (χ3n) is 7.63. The van der Waals surface area contributed by atoms with Gasteiger partial charge < -0.3 is 14.9 Å². The average molecular weight is 461 g/mol. The van der Waals surface area contributed by atoms with E-state index in [-0.39, 0.29) is 12.1 Å². The first-order valence-electron chi connectivity index (χ1n) is 10.9. The summed E-state index contributed by atoms with van der Waals surface area (Å²) in [4.78, 5) is 23.6. The van der Waals surface area contributed by atoms with Crippen LogP contribution in [0.25, 0.3) is 0 Å². The Morgan fingerprint density at radius 3 is 2.55 bits per heavy atom. The minimum absolute atomic E-state index is 0.106. The summed E-state index contributed by atoms with van der Waals surface area (Å²) in [6.07, 6.45) is 9.27. The molecule has 2 aromatic rings. The van der Waals surface area contributed by atoms with Crippen LogP contribution in [0.5, 0.6) is 0 Å². The number of halogens is 1. The summed E-state index contributed by atoms with van der Waals surface area (Å²) in [6, 6.07) is 0. The standard InChI is InChI=1S/C21H25ClN6O2S/c22-15-7-23-18(24-8-15)17-13-6-14(17)11-27(10-13)20-25-9-16-19(26-20)28(4-5-31(16)30)21(12-29)2-1-3-21/h7-9,13-14,17,29H,1-6,10-12H2/t13?,14?,17?,31-/m1/s1. The Kier molecular flexibility index (Phi) is 4.70. The zero-order chi connectivity index (χ0) is 21.2. The zero-order valence-electron chi connectivity index (χ0n) is 17.2. The van der Waals surface area contributed by atoms with E-state index in [0.717, 1.165) is 44.0 Å². The number of aliphatic hydroxyl groups is 1. The molecule has 4 fully saturated rings. The number of piperidine rings is 2. The monoisotopic (exact) mass is 460 g/mol. The molecule has 2 aliphatic carbocycles. The van der Waals surface area contributed by atoms with E-state index in [1.165, 1.54) is 6.42 Å². The number of hydrogen-bond donors (Lipinski definition) is 1. The maximum Gasteiger partial charge on any atom is 0.227 e. The molecule has 0 radical (unpaired) electrons. The highest BCUT2D eigenvalue weighted by atomic mass is 35.5. The summed E-state index contributed by atoms with van der Waals surface area (Å²) in [5.41, 5.74) is -0.258. The van der Waals surface area contributed by atoms with Gasteiger partial charge in [0.15, 0.2) is 5.82 Å². The third kappa shape index (κ3) is 3.08. The van der Waals surface area contributed by atoms with Gasteiger partial charge in [-0.15, -0.1) is 0 Å². The molecular weight excluding hydrogens is 436 g/mol. The number of aliphatic hydroxyl groups excluding tert-OH is 1. The highest BCUT2D eigenvalue weighted by Crippen LogP contribution is 2.51. The predicted molar refractivity (Wildman–Crippen MR) is 118 cm³/mol. The normalized spacial score (nSPS) is 30.9. The number of fused-ring (bicyclic) bond motifs is 3. The van der Waals surface area contributed by atoms with Gasteiger partial charge in [-0.1, -0.05) is 11.6 Å². The van der Waals surface area contributed by atoms with Gasteiger partial charge in [0, 0.05) is 43.7 Å². The number of hydrogen-bond acceptors (Lipinski definition) is 8. The van der Waals surface area contributed by atoms with Crippen molar-refractivity contribution in [3.8, 4) is 0 Å². The molecule has 1 N–H and O–H groups in total. The van der Waals surface area contributed by atoms with Crippen LogP contribution in [0.2, 0.25) is 5.02 Å². The Morgan fingerprint density at radius 1 is 1.16 bits per heavy atom. The number of anilines is 2. The van der Waals surface area contributed by atoms with Crippen LogP contribution in [0.1, 0.15) is 37.4 Å². The molecule has 2 saturated carbocycles. The van der Waals surface area contributed by atoms with Gasteiger partial charge in [0.1, 0.15) is 5.82 Å². The SMILES string of the molecule is O=[S@@]1CCN(C2(CO)CCC2)c2nc(N3CC4CC(C3)C4c3ncc(Cl)cn3)ncc21. The molecule has 2 saturated heterocycles. The molecule has 0 amide bonds. The number of nitrogens with zero attached hydrogens (tertiary/aromatic N) is 6. The summed E-state index contributed by atoms with van der Waals surface area (Å²) in [7, 11) is -1.09. The van der Waals surface area contributed by atoms with E-state index in [1.54, 1.807) is 18.6 Å². The van der Waals surface area contributed by atoms with Crippen LogP contribution in [0.3, 0.4) is 0 Å². The van der Waals surface area contributed by atoms with Gasteiger partial charge in [-0.25, -0.2) is 15.0 Å². The van der Waals surface area contributed by atoms with Crippen molar-refractivity contribution in [1.29, 1.82) is 0 Å². The fourth-order valence-corrected chi connectivity index (χ4v) is 6.97. The van der Waals surface area contributed by atoms with E-state index >= 15 is 0 Å². The lowest BCUT2D eigenvalue weighted by molar-refractivity contribution is 0.103. The van der Waals surface area contributed by atoms with Gasteiger partial charge in [0.25, 0.3) is 0 Å². The summed E-state index contributed by atoms with van der Waals surface area (Å²) in [6.45, 7) is 2.49. The molecule has 2 unspecified atom stereocenters. The van der Waals surface area contributed by atoms with Gasteiger partial charge in [0.05, 0.1) is 39.1 Å². The van der Waals surface area contributed by atoms with E-state index in [2.05, 4.69) is 24.8 Å². The summed E-state index contributed by atoms with van der Waals surface area (Å²) in [5, 5.41) is 10.7. The van der Waals surface area contributed by atoms with Crippen LogP contribution in [-0.4, -0.2) is 66.8 Å². The smallest absolute Gasteiger partial charge is 0.227 e. The Morgan fingerprint density at radius 2 is 1.90 bits per heavy atom. The maximum atomic E-state index is 12.6. The van der Waals surface area contributed by atoms with Crippen LogP contribution < -0.4 is 9.80 Å². The molecule has 0 aromatic carbocycles. The average Bonchev–Trinajstić information content (AvgIpc) is 2.76. The second-order valence-electron chi connectivity index (χ2n) is 9.24. The van der Waals surface area contributed by atoms with Crippen molar-refractivity contribution in [2.24, 2.45) is 11.8 Å².